The van der Waals surface area contributed by atoms with Crippen molar-refractivity contribution in [3.05, 3.63) is 5.28 Å². The Hall–Kier alpha value is -1.14. The summed E-state index contributed by atoms with van der Waals surface area (Å²) in [5, 5.41) is 3.44. The van der Waals surface area contributed by atoms with Crippen LogP contribution in [0.2, 0.25) is 5.28 Å². The van der Waals surface area contributed by atoms with Crippen molar-refractivity contribution in [2.45, 2.75) is 32.2 Å². The highest BCUT2D eigenvalue weighted by molar-refractivity contribution is 6.28. The van der Waals surface area contributed by atoms with Gasteiger partial charge in [0.25, 0.3) is 0 Å². The summed E-state index contributed by atoms with van der Waals surface area (Å²) in [6.45, 7) is 7.23. The smallest absolute Gasteiger partial charge is 0.231 e. The number of nitrogens with one attached hydrogen (secondary N) is 1. The molecule has 2 aliphatic heterocycles. The van der Waals surface area contributed by atoms with Crippen LogP contribution in [0, 0.1) is 0 Å². The summed E-state index contributed by atoms with van der Waals surface area (Å²) >= 11 is 6.02. The third kappa shape index (κ3) is 2.96. The summed E-state index contributed by atoms with van der Waals surface area (Å²) in [6, 6.07) is 0.645. The van der Waals surface area contributed by atoms with Gasteiger partial charge in [-0.05, 0) is 37.4 Å². The Morgan fingerprint density at radius 1 is 1.25 bits per heavy atom. The van der Waals surface area contributed by atoms with Gasteiger partial charge in [0.15, 0.2) is 0 Å². The molecule has 0 radical (unpaired) electrons. The monoisotopic (exact) mass is 296 g/mol. The van der Waals surface area contributed by atoms with Crippen molar-refractivity contribution in [3.8, 4) is 0 Å². The molecule has 6 nitrogen and oxygen atoms in total. The zero-order valence-corrected chi connectivity index (χ0v) is 12.6. The standard InChI is InChI=1S/C13H21ClN6/c1-2-5-15-12-16-11(14)17-13(18-12)20-8-7-19-6-3-4-10(19)9-20/h10H,2-9H2,1H3,(H,15,16,17,18). The molecule has 1 N–H and O–H groups in total. The van der Waals surface area contributed by atoms with Gasteiger partial charge in [0.2, 0.25) is 17.2 Å². The summed E-state index contributed by atoms with van der Waals surface area (Å²) < 4.78 is 0. The van der Waals surface area contributed by atoms with Gasteiger partial charge in [-0.1, -0.05) is 6.92 Å². The molecule has 1 aromatic heterocycles. The molecule has 7 heteroatoms. The van der Waals surface area contributed by atoms with Crippen molar-refractivity contribution >= 4 is 23.5 Å². The highest BCUT2D eigenvalue weighted by Crippen LogP contribution is 2.24. The van der Waals surface area contributed by atoms with E-state index in [2.05, 4.69) is 37.0 Å². The van der Waals surface area contributed by atoms with Crippen LogP contribution < -0.4 is 10.2 Å². The molecular formula is C13H21ClN6. The second-order valence-electron chi connectivity index (χ2n) is 5.43. The lowest BCUT2D eigenvalue weighted by atomic mass is 10.2. The Balaban J connectivity index is 1.74. The van der Waals surface area contributed by atoms with E-state index in [0.717, 1.165) is 32.6 Å². The van der Waals surface area contributed by atoms with E-state index in [-0.39, 0.29) is 5.28 Å². The lowest BCUT2D eigenvalue weighted by Gasteiger charge is -2.37. The van der Waals surface area contributed by atoms with Crippen molar-refractivity contribution in [1.29, 1.82) is 0 Å². The number of anilines is 2. The minimum absolute atomic E-state index is 0.266. The fourth-order valence-electron chi connectivity index (χ4n) is 2.97. The van der Waals surface area contributed by atoms with Crippen LogP contribution in [-0.4, -0.2) is 58.6 Å². The quantitative estimate of drug-likeness (QED) is 0.911. The maximum absolute atomic E-state index is 6.02. The van der Waals surface area contributed by atoms with E-state index >= 15 is 0 Å². The minimum atomic E-state index is 0.266. The molecule has 2 fully saturated rings. The van der Waals surface area contributed by atoms with Crippen molar-refractivity contribution in [1.82, 2.24) is 19.9 Å². The van der Waals surface area contributed by atoms with Gasteiger partial charge in [0.1, 0.15) is 0 Å². The van der Waals surface area contributed by atoms with E-state index in [1.165, 1.54) is 19.4 Å². The SMILES string of the molecule is CCCNc1nc(Cl)nc(N2CCN3CCCC3C2)n1. The van der Waals surface area contributed by atoms with Crippen LogP contribution in [0.3, 0.4) is 0 Å². The maximum Gasteiger partial charge on any atom is 0.231 e. The van der Waals surface area contributed by atoms with Crippen LogP contribution in [0.25, 0.3) is 0 Å². The molecule has 0 spiro atoms. The van der Waals surface area contributed by atoms with Gasteiger partial charge in [-0.2, -0.15) is 15.0 Å². The topological polar surface area (TPSA) is 57.2 Å². The van der Waals surface area contributed by atoms with Gasteiger partial charge in [-0.25, -0.2) is 0 Å². The molecule has 1 atom stereocenters. The van der Waals surface area contributed by atoms with E-state index in [0.29, 0.717) is 17.9 Å². The van der Waals surface area contributed by atoms with Crippen LogP contribution in [0.15, 0.2) is 0 Å². The van der Waals surface area contributed by atoms with Crippen LogP contribution in [0.4, 0.5) is 11.9 Å². The largest absolute Gasteiger partial charge is 0.354 e. The van der Waals surface area contributed by atoms with Gasteiger partial charge in [0.05, 0.1) is 0 Å². The molecule has 0 aliphatic carbocycles. The number of fused-ring (bicyclic) bond motifs is 1. The van der Waals surface area contributed by atoms with E-state index in [9.17, 15) is 0 Å². The third-order valence-electron chi connectivity index (χ3n) is 4.00. The van der Waals surface area contributed by atoms with Crippen molar-refractivity contribution in [2.24, 2.45) is 0 Å². The van der Waals surface area contributed by atoms with Crippen LogP contribution in [0.1, 0.15) is 26.2 Å². The molecule has 3 rings (SSSR count). The second kappa shape index (κ2) is 6.10. The average molecular weight is 297 g/mol. The summed E-state index contributed by atoms with van der Waals surface area (Å²) in [6.07, 6.45) is 3.61. The molecule has 0 saturated carbocycles. The molecule has 3 heterocycles. The molecule has 1 aromatic rings. The molecule has 110 valence electrons. The number of aromatic nitrogens is 3. The molecule has 0 amide bonds. The van der Waals surface area contributed by atoms with Crippen molar-refractivity contribution in [3.63, 3.8) is 0 Å². The zero-order valence-electron chi connectivity index (χ0n) is 11.8. The third-order valence-corrected chi connectivity index (χ3v) is 4.17. The summed E-state index contributed by atoms with van der Waals surface area (Å²) in [5.74, 6) is 1.28. The van der Waals surface area contributed by atoms with E-state index in [1.807, 2.05) is 0 Å². The minimum Gasteiger partial charge on any atom is -0.354 e. The Morgan fingerprint density at radius 2 is 2.15 bits per heavy atom. The predicted molar refractivity (Wildman–Crippen MR) is 80.4 cm³/mol. The molecule has 20 heavy (non-hydrogen) atoms. The van der Waals surface area contributed by atoms with Gasteiger partial charge in [-0.15, -0.1) is 0 Å². The second-order valence-corrected chi connectivity index (χ2v) is 5.77. The Morgan fingerprint density at radius 3 is 3.00 bits per heavy atom. The van der Waals surface area contributed by atoms with Crippen molar-refractivity contribution in [2.75, 3.05) is 42.9 Å². The van der Waals surface area contributed by atoms with E-state index in [1.54, 1.807) is 0 Å². The molecular weight excluding hydrogens is 276 g/mol. The summed E-state index contributed by atoms with van der Waals surface area (Å²) in [4.78, 5) is 17.7. The van der Waals surface area contributed by atoms with Gasteiger partial charge in [0, 0.05) is 32.2 Å². The molecule has 0 aromatic carbocycles. The Kier molecular flexibility index (Phi) is 4.21. The maximum atomic E-state index is 6.02. The number of nitrogens with zero attached hydrogens (tertiary/aromatic N) is 5. The van der Waals surface area contributed by atoms with Crippen LogP contribution in [0.5, 0.6) is 0 Å². The van der Waals surface area contributed by atoms with Gasteiger partial charge < -0.3 is 10.2 Å². The van der Waals surface area contributed by atoms with Crippen LogP contribution >= 0.6 is 11.6 Å². The first-order chi connectivity index (χ1) is 9.76. The highest BCUT2D eigenvalue weighted by atomic mass is 35.5. The Bertz CT molecular complexity index is 468. The number of hydrogen-bond donors (Lipinski definition) is 1. The average Bonchev–Trinajstić information content (AvgIpc) is 2.92. The molecule has 0 bridgehead atoms. The fourth-order valence-corrected chi connectivity index (χ4v) is 3.13. The van der Waals surface area contributed by atoms with E-state index < -0.39 is 0 Å². The first-order valence-electron chi connectivity index (χ1n) is 7.40. The number of hydrogen-bond acceptors (Lipinski definition) is 6. The lowest BCUT2D eigenvalue weighted by molar-refractivity contribution is 0.229. The Labute approximate surface area is 124 Å². The van der Waals surface area contributed by atoms with Gasteiger partial charge in [-0.3, -0.25) is 4.90 Å². The zero-order chi connectivity index (χ0) is 13.9. The van der Waals surface area contributed by atoms with Crippen LogP contribution in [-0.2, 0) is 0 Å². The lowest BCUT2D eigenvalue weighted by Crippen LogP contribution is -2.50. The van der Waals surface area contributed by atoms with Crippen molar-refractivity contribution < 1.29 is 0 Å². The fraction of sp³-hybridized carbons (Fsp3) is 0.769. The number of halogens is 1. The normalized spacial score (nSPS) is 22.9. The highest BCUT2D eigenvalue weighted by Gasteiger charge is 2.31. The first-order valence-corrected chi connectivity index (χ1v) is 7.78. The summed E-state index contributed by atoms with van der Waals surface area (Å²) in [5.41, 5.74) is 0. The molecule has 1 unspecified atom stereocenters. The molecule has 2 saturated heterocycles. The van der Waals surface area contributed by atoms with E-state index in [4.69, 9.17) is 11.6 Å². The van der Waals surface area contributed by atoms with Gasteiger partial charge >= 0.3 is 0 Å². The first kappa shape index (κ1) is 13.8. The summed E-state index contributed by atoms with van der Waals surface area (Å²) in [7, 11) is 0. The molecule has 2 aliphatic rings. The number of rotatable bonds is 4. The number of piperazine rings is 1. The predicted octanol–water partition coefficient (Wildman–Crippen LogP) is 1.63.